The molecule has 0 aromatic heterocycles. The van der Waals surface area contributed by atoms with E-state index in [-0.39, 0.29) is 5.54 Å². The number of nitrogens with zero attached hydrogens (tertiary/aromatic N) is 2. The van der Waals surface area contributed by atoms with Crippen molar-refractivity contribution in [2.45, 2.75) is 32.7 Å². The van der Waals surface area contributed by atoms with Crippen molar-refractivity contribution in [3.8, 4) is 0 Å². The van der Waals surface area contributed by atoms with Gasteiger partial charge in [-0.2, -0.15) is 5.11 Å². The molecule has 0 amide bonds. The summed E-state index contributed by atoms with van der Waals surface area (Å²) in [6.07, 6.45) is 0.992. The molecule has 0 aromatic rings. The second-order valence-electron chi connectivity index (χ2n) is 2.78. The lowest BCUT2D eigenvalue weighted by Gasteiger charge is -2.17. The van der Waals surface area contributed by atoms with Gasteiger partial charge in [-0.1, -0.05) is 6.92 Å². The maximum Gasteiger partial charge on any atom is 0.117 e. The second-order valence-corrected chi connectivity index (χ2v) is 3.20. The molecule has 1 unspecified atom stereocenters. The predicted octanol–water partition coefficient (Wildman–Crippen LogP) is 2.78. The molecule has 56 valence electrons. The van der Waals surface area contributed by atoms with Crippen LogP contribution in [-0.4, -0.2) is 5.54 Å². The van der Waals surface area contributed by atoms with E-state index in [1.54, 1.807) is 0 Å². The Balaban J connectivity index is 2.96. The zero-order valence-corrected chi connectivity index (χ0v) is 7.44. The number of thiol groups is 1. The molecule has 0 fully saturated rings. The summed E-state index contributed by atoms with van der Waals surface area (Å²) in [6, 6.07) is 0. The lowest BCUT2D eigenvalue weighted by molar-refractivity contribution is 0.529. The van der Waals surface area contributed by atoms with E-state index >= 15 is 0 Å². The van der Waals surface area contributed by atoms with Gasteiger partial charge >= 0.3 is 0 Å². The first-order valence-corrected chi connectivity index (χ1v) is 3.88. The van der Waals surface area contributed by atoms with Crippen LogP contribution in [0.15, 0.2) is 20.8 Å². The smallest absolute Gasteiger partial charge is 0.117 e. The van der Waals surface area contributed by atoms with E-state index in [2.05, 4.69) is 36.7 Å². The van der Waals surface area contributed by atoms with Gasteiger partial charge in [-0.3, -0.25) is 0 Å². The Hall–Kier alpha value is -0.310. The van der Waals surface area contributed by atoms with Crippen LogP contribution in [-0.2, 0) is 0 Å². The summed E-state index contributed by atoms with van der Waals surface area (Å²) in [5.41, 5.74) is 1.11. The topological polar surface area (TPSA) is 24.7 Å². The van der Waals surface area contributed by atoms with Crippen LogP contribution in [0.2, 0.25) is 0 Å². The van der Waals surface area contributed by atoms with Gasteiger partial charge in [0.25, 0.3) is 0 Å². The summed E-state index contributed by atoms with van der Waals surface area (Å²) in [5, 5.41) is 8.81. The highest BCUT2D eigenvalue weighted by Crippen LogP contribution is 2.35. The number of azo groups is 1. The fourth-order valence-electron chi connectivity index (χ4n) is 0.884. The third-order valence-electron chi connectivity index (χ3n) is 2.20. The zero-order valence-electron chi connectivity index (χ0n) is 6.55. The molecule has 1 rings (SSSR count). The minimum atomic E-state index is -0.0723. The standard InChI is InChI=1S/C7H12N2S/c1-4-7(3)5(2)6(10)8-9-7/h10H,4H2,1-3H3. The molecule has 0 saturated carbocycles. The molecule has 0 aliphatic carbocycles. The van der Waals surface area contributed by atoms with E-state index in [9.17, 15) is 0 Å². The van der Waals surface area contributed by atoms with Gasteiger partial charge in [0.15, 0.2) is 0 Å². The Labute approximate surface area is 66.8 Å². The van der Waals surface area contributed by atoms with Crippen LogP contribution in [0.5, 0.6) is 0 Å². The summed E-state index contributed by atoms with van der Waals surface area (Å²) < 4.78 is 0. The molecule has 3 heteroatoms. The molecule has 0 aromatic carbocycles. The maximum atomic E-state index is 4.17. The summed E-state index contributed by atoms with van der Waals surface area (Å²) in [7, 11) is 0. The van der Waals surface area contributed by atoms with Gasteiger partial charge in [-0.25, -0.2) is 0 Å². The van der Waals surface area contributed by atoms with Crippen molar-refractivity contribution in [3.63, 3.8) is 0 Å². The number of hydrogen-bond donors (Lipinski definition) is 1. The minimum absolute atomic E-state index is 0.0723. The minimum Gasteiger partial charge on any atom is -0.177 e. The van der Waals surface area contributed by atoms with E-state index < -0.39 is 0 Å². The second kappa shape index (κ2) is 2.38. The highest BCUT2D eigenvalue weighted by atomic mass is 32.1. The van der Waals surface area contributed by atoms with Gasteiger partial charge in [0.1, 0.15) is 10.6 Å². The first-order valence-electron chi connectivity index (χ1n) is 3.43. The number of rotatable bonds is 1. The summed E-state index contributed by atoms with van der Waals surface area (Å²) in [6.45, 7) is 6.22. The molecule has 1 heterocycles. The third-order valence-corrected chi connectivity index (χ3v) is 2.62. The monoisotopic (exact) mass is 156 g/mol. The van der Waals surface area contributed by atoms with Crippen LogP contribution in [0.25, 0.3) is 0 Å². The molecule has 1 aliphatic rings. The van der Waals surface area contributed by atoms with Crippen LogP contribution in [0.3, 0.4) is 0 Å². The average molecular weight is 156 g/mol. The molecular formula is C7H12N2S. The fourth-order valence-corrected chi connectivity index (χ4v) is 1.17. The fraction of sp³-hybridized carbons (Fsp3) is 0.714. The SMILES string of the molecule is CCC1(C)N=NC(S)=C1C. The van der Waals surface area contributed by atoms with E-state index in [1.807, 2.05) is 6.92 Å². The Morgan fingerprint density at radius 2 is 2.20 bits per heavy atom. The zero-order chi connectivity index (χ0) is 7.78. The number of hydrogen-bond acceptors (Lipinski definition) is 3. The average Bonchev–Trinajstić information content (AvgIpc) is 2.19. The maximum absolute atomic E-state index is 4.17. The lowest BCUT2D eigenvalue weighted by Crippen LogP contribution is -2.19. The van der Waals surface area contributed by atoms with Gasteiger partial charge in [0, 0.05) is 0 Å². The van der Waals surface area contributed by atoms with E-state index in [0.29, 0.717) is 0 Å². The summed E-state index contributed by atoms with van der Waals surface area (Å²) in [4.78, 5) is 0. The highest BCUT2D eigenvalue weighted by Gasteiger charge is 2.29. The van der Waals surface area contributed by atoms with Crippen molar-refractivity contribution in [1.82, 2.24) is 0 Å². The molecule has 0 radical (unpaired) electrons. The third kappa shape index (κ3) is 0.985. The lowest BCUT2D eigenvalue weighted by atomic mass is 9.93. The van der Waals surface area contributed by atoms with Crippen molar-refractivity contribution in [2.24, 2.45) is 10.2 Å². The van der Waals surface area contributed by atoms with Crippen molar-refractivity contribution in [1.29, 1.82) is 0 Å². The first kappa shape index (κ1) is 7.79. The van der Waals surface area contributed by atoms with E-state index in [1.165, 1.54) is 5.57 Å². The van der Waals surface area contributed by atoms with Gasteiger partial charge in [-0.05, 0) is 25.8 Å². The summed E-state index contributed by atoms with van der Waals surface area (Å²) >= 11 is 4.17. The molecule has 0 N–H and O–H groups in total. The molecule has 1 aliphatic heterocycles. The van der Waals surface area contributed by atoms with Gasteiger partial charge in [-0.15, -0.1) is 17.7 Å². The molecule has 10 heavy (non-hydrogen) atoms. The van der Waals surface area contributed by atoms with E-state index in [0.717, 1.165) is 11.4 Å². The largest absolute Gasteiger partial charge is 0.177 e. The summed E-state index contributed by atoms with van der Waals surface area (Å²) in [5.74, 6) is 0. The molecule has 0 saturated heterocycles. The Kier molecular flexibility index (Phi) is 1.86. The van der Waals surface area contributed by atoms with Crippen LogP contribution in [0.1, 0.15) is 27.2 Å². The van der Waals surface area contributed by atoms with Gasteiger partial charge < -0.3 is 0 Å². The Morgan fingerprint density at radius 3 is 2.40 bits per heavy atom. The van der Waals surface area contributed by atoms with Crippen molar-refractivity contribution in [3.05, 3.63) is 10.6 Å². The molecule has 2 nitrogen and oxygen atoms in total. The Morgan fingerprint density at radius 1 is 1.60 bits per heavy atom. The van der Waals surface area contributed by atoms with Crippen molar-refractivity contribution in [2.75, 3.05) is 0 Å². The van der Waals surface area contributed by atoms with Crippen molar-refractivity contribution >= 4 is 12.6 Å². The molecule has 0 bridgehead atoms. The Bertz CT molecular complexity index is 208. The van der Waals surface area contributed by atoms with Crippen LogP contribution >= 0.6 is 12.6 Å². The quantitative estimate of drug-likeness (QED) is 0.565. The molecule has 0 spiro atoms. The van der Waals surface area contributed by atoms with Gasteiger partial charge in [0.2, 0.25) is 0 Å². The van der Waals surface area contributed by atoms with Gasteiger partial charge in [0.05, 0.1) is 0 Å². The van der Waals surface area contributed by atoms with Crippen LogP contribution < -0.4 is 0 Å². The normalized spacial score (nSPS) is 32.0. The highest BCUT2D eigenvalue weighted by molar-refractivity contribution is 7.84. The van der Waals surface area contributed by atoms with Crippen LogP contribution in [0.4, 0.5) is 0 Å². The van der Waals surface area contributed by atoms with Crippen LogP contribution in [0, 0.1) is 0 Å². The molecular weight excluding hydrogens is 144 g/mol. The van der Waals surface area contributed by atoms with Crippen molar-refractivity contribution < 1.29 is 0 Å². The first-order chi connectivity index (χ1) is 4.60. The predicted molar refractivity (Wildman–Crippen MR) is 45.2 cm³/mol. The van der Waals surface area contributed by atoms with E-state index in [4.69, 9.17) is 0 Å². The molecule has 1 atom stereocenters.